The first-order chi connectivity index (χ1) is 18.0. The number of ether oxygens (including phenoxy) is 1. The van der Waals surface area contributed by atoms with Gasteiger partial charge in [0, 0.05) is 40.0 Å². The van der Waals surface area contributed by atoms with Gasteiger partial charge >= 0.3 is 0 Å². The van der Waals surface area contributed by atoms with Crippen molar-refractivity contribution in [2.75, 3.05) is 12.4 Å². The molecule has 2 amide bonds. The summed E-state index contributed by atoms with van der Waals surface area (Å²) >= 11 is 1.33. The monoisotopic (exact) mass is 510 g/mol. The third-order valence-corrected chi connectivity index (χ3v) is 6.91. The molecule has 0 radical (unpaired) electrons. The number of benzene rings is 3. The van der Waals surface area contributed by atoms with Crippen molar-refractivity contribution in [3.63, 3.8) is 0 Å². The van der Waals surface area contributed by atoms with Crippen LogP contribution in [-0.2, 0) is 11.2 Å². The number of nitrogens with zero attached hydrogens (tertiary/aromatic N) is 1. The van der Waals surface area contributed by atoms with E-state index in [9.17, 15) is 9.59 Å². The Morgan fingerprint density at radius 2 is 1.78 bits per heavy atom. The predicted octanol–water partition coefficient (Wildman–Crippen LogP) is 5.59. The Bertz CT molecular complexity index is 1540. The number of carbonyl (C=O) groups is 2. The van der Waals surface area contributed by atoms with Crippen LogP contribution in [0.15, 0.2) is 84.4 Å². The van der Waals surface area contributed by atoms with E-state index in [4.69, 9.17) is 4.74 Å². The Kier molecular flexibility index (Phi) is 7.00. The number of H-pyrrole nitrogens is 1. The molecule has 37 heavy (non-hydrogen) atoms. The Morgan fingerprint density at radius 1 is 1.03 bits per heavy atom. The van der Waals surface area contributed by atoms with Gasteiger partial charge in [-0.25, -0.2) is 4.98 Å². The Hall–Kier alpha value is -4.43. The number of hydrogen-bond donors (Lipinski definition) is 3. The molecular formula is C29H26N4O3S. The van der Waals surface area contributed by atoms with Gasteiger partial charge in [0.05, 0.1) is 12.8 Å². The molecule has 0 spiro atoms. The molecule has 7 nitrogen and oxygen atoms in total. The van der Waals surface area contributed by atoms with Crippen LogP contribution in [0.25, 0.3) is 22.2 Å². The van der Waals surface area contributed by atoms with Crippen LogP contribution in [0.1, 0.15) is 21.5 Å². The number of methoxy groups -OCH3 is 1. The Balaban J connectivity index is 1.37. The number of rotatable bonds is 8. The summed E-state index contributed by atoms with van der Waals surface area (Å²) in [5.74, 6) is 0.122. The molecule has 186 valence electrons. The molecule has 0 aliphatic heterocycles. The minimum absolute atomic E-state index is 0.307. The van der Waals surface area contributed by atoms with E-state index in [-0.39, 0.29) is 11.8 Å². The van der Waals surface area contributed by atoms with Crippen LogP contribution in [0.4, 0.5) is 5.13 Å². The molecule has 0 fully saturated rings. The van der Waals surface area contributed by atoms with Crippen molar-refractivity contribution in [1.82, 2.24) is 15.3 Å². The molecule has 8 heteroatoms. The summed E-state index contributed by atoms with van der Waals surface area (Å²) in [5, 5.41) is 9.19. The highest BCUT2D eigenvalue weighted by Gasteiger charge is 2.24. The van der Waals surface area contributed by atoms with Crippen molar-refractivity contribution in [2.24, 2.45) is 0 Å². The van der Waals surface area contributed by atoms with Crippen LogP contribution in [0.5, 0.6) is 5.75 Å². The van der Waals surface area contributed by atoms with Crippen molar-refractivity contribution < 1.29 is 14.3 Å². The van der Waals surface area contributed by atoms with Crippen LogP contribution < -0.4 is 15.4 Å². The summed E-state index contributed by atoms with van der Waals surface area (Å²) in [6, 6.07) is 21.9. The lowest BCUT2D eigenvalue weighted by molar-refractivity contribution is -0.118. The summed E-state index contributed by atoms with van der Waals surface area (Å²) in [6.07, 6.45) is 2.21. The van der Waals surface area contributed by atoms with Crippen molar-refractivity contribution in [3.05, 3.63) is 101 Å². The zero-order valence-corrected chi connectivity index (χ0v) is 21.3. The van der Waals surface area contributed by atoms with Crippen LogP contribution in [-0.4, -0.2) is 34.9 Å². The number of fused-ring (bicyclic) bond motifs is 1. The van der Waals surface area contributed by atoms with E-state index in [1.54, 1.807) is 19.2 Å². The van der Waals surface area contributed by atoms with Crippen molar-refractivity contribution in [3.8, 4) is 17.0 Å². The van der Waals surface area contributed by atoms with Gasteiger partial charge in [0.1, 0.15) is 11.8 Å². The van der Waals surface area contributed by atoms with Crippen LogP contribution >= 0.6 is 11.3 Å². The van der Waals surface area contributed by atoms with Gasteiger partial charge in [-0.3, -0.25) is 9.59 Å². The Morgan fingerprint density at radius 3 is 2.54 bits per heavy atom. The first kappa shape index (κ1) is 24.3. The highest BCUT2D eigenvalue weighted by molar-refractivity contribution is 7.14. The number of aromatic amines is 1. The molecule has 0 saturated carbocycles. The van der Waals surface area contributed by atoms with Gasteiger partial charge in [-0.2, -0.15) is 0 Å². The lowest BCUT2D eigenvalue weighted by Gasteiger charge is -2.18. The van der Waals surface area contributed by atoms with Crippen molar-refractivity contribution in [1.29, 1.82) is 0 Å². The molecule has 0 saturated heterocycles. The summed E-state index contributed by atoms with van der Waals surface area (Å²) in [6.45, 7) is 1.96. The second kappa shape index (κ2) is 10.7. The van der Waals surface area contributed by atoms with Crippen LogP contribution in [0.2, 0.25) is 0 Å². The number of anilines is 1. The fraction of sp³-hybridized carbons (Fsp3) is 0.138. The molecule has 3 aromatic carbocycles. The third kappa shape index (κ3) is 5.54. The van der Waals surface area contributed by atoms with E-state index in [0.29, 0.717) is 17.1 Å². The van der Waals surface area contributed by atoms with Gasteiger partial charge in [-0.15, -0.1) is 11.3 Å². The fourth-order valence-electron chi connectivity index (χ4n) is 4.09. The fourth-order valence-corrected chi connectivity index (χ4v) is 4.82. The summed E-state index contributed by atoms with van der Waals surface area (Å²) in [4.78, 5) is 34.3. The quantitative estimate of drug-likeness (QED) is 0.254. The van der Waals surface area contributed by atoms with E-state index in [1.165, 1.54) is 11.3 Å². The molecule has 0 bridgehead atoms. The maximum absolute atomic E-state index is 13.4. The average molecular weight is 511 g/mol. The topological polar surface area (TPSA) is 96.1 Å². The smallest absolute Gasteiger partial charge is 0.251 e. The summed E-state index contributed by atoms with van der Waals surface area (Å²) in [7, 11) is 1.62. The molecule has 5 aromatic rings. The lowest BCUT2D eigenvalue weighted by Crippen LogP contribution is -2.45. The second-order valence-electron chi connectivity index (χ2n) is 8.71. The number of aromatic nitrogens is 2. The molecule has 3 N–H and O–H groups in total. The van der Waals surface area contributed by atoms with E-state index < -0.39 is 6.04 Å². The first-order valence-electron chi connectivity index (χ1n) is 11.8. The normalized spacial score (nSPS) is 11.7. The lowest BCUT2D eigenvalue weighted by atomic mass is 10.0. The maximum atomic E-state index is 13.4. The number of hydrogen-bond acceptors (Lipinski definition) is 5. The minimum atomic E-state index is -0.804. The van der Waals surface area contributed by atoms with Gasteiger partial charge in [0.25, 0.3) is 5.91 Å². The van der Waals surface area contributed by atoms with Crippen molar-refractivity contribution in [2.45, 2.75) is 19.4 Å². The molecule has 0 aliphatic rings. The highest BCUT2D eigenvalue weighted by atomic mass is 32.1. The number of nitrogens with one attached hydrogen (secondary N) is 3. The number of thiazole rings is 1. The average Bonchev–Trinajstić information content (AvgIpc) is 3.56. The van der Waals surface area contributed by atoms with E-state index in [0.717, 1.165) is 39.0 Å². The van der Waals surface area contributed by atoms with Gasteiger partial charge in [-0.1, -0.05) is 35.9 Å². The van der Waals surface area contributed by atoms with E-state index in [2.05, 4.69) is 20.6 Å². The first-order valence-corrected chi connectivity index (χ1v) is 12.7. The molecule has 5 rings (SSSR count). The van der Waals surface area contributed by atoms with Gasteiger partial charge in [0.15, 0.2) is 5.13 Å². The number of para-hydroxylation sites is 1. The van der Waals surface area contributed by atoms with Gasteiger partial charge in [0.2, 0.25) is 5.91 Å². The molecule has 1 atom stereocenters. The van der Waals surface area contributed by atoms with Gasteiger partial charge < -0.3 is 20.4 Å². The van der Waals surface area contributed by atoms with E-state index >= 15 is 0 Å². The zero-order chi connectivity index (χ0) is 25.8. The molecule has 2 heterocycles. The zero-order valence-electron chi connectivity index (χ0n) is 20.4. The SMILES string of the molecule is COc1ccc(-c2csc(NC(=O)C(Cc3c[nH]c4ccccc34)NC(=O)c3ccc(C)cc3)n2)cc1. The number of aryl methyl sites for hydroxylation is 1. The predicted molar refractivity (Wildman–Crippen MR) is 147 cm³/mol. The highest BCUT2D eigenvalue weighted by Crippen LogP contribution is 2.27. The standard InChI is InChI=1S/C29H26N4O3S/c1-18-7-9-20(10-8-18)27(34)31-25(15-21-16-30-24-6-4-3-5-23(21)24)28(35)33-29-32-26(17-37-29)19-11-13-22(36-2)14-12-19/h3-14,16-17,25,30H,15H2,1-2H3,(H,31,34)(H,32,33,35). The summed E-state index contributed by atoms with van der Waals surface area (Å²) in [5.41, 5.74) is 5.14. The van der Waals surface area contributed by atoms with Crippen LogP contribution in [0.3, 0.4) is 0 Å². The number of carbonyl (C=O) groups excluding carboxylic acids is 2. The maximum Gasteiger partial charge on any atom is 0.251 e. The van der Waals surface area contributed by atoms with E-state index in [1.807, 2.05) is 79.2 Å². The minimum Gasteiger partial charge on any atom is -0.497 e. The molecule has 0 aliphatic carbocycles. The largest absolute Gasteiger partial charge is 0.497 e. The van der Waals surface area contributed by atoms with Crippen LogP contribution in [0, 0.1) is 6.92 Å². The molecular weight excluding hydrogens is 484 g/mol. The van der Waals surface area contributed by atoms with Gasteiger partial charge in [-0.05, 0) is 55.0 Å². The van der Waals surface area contributed by atoms with Crippen molar-refractivity contribution >= 4 is 39.2 Å². The number of amides is 2. The second-order valence-corrected chi connectivity index (χ2v) is 9.57. The Labute approximate surface area is 218 Å². The molecule has 1 unspecified atom stereocenters. The molecule has 2 aromatic heterocycles. The third-order valence-electron chi connectivity index (χ3n) is 6.15. The summed E-state index contributed by atoms with van der Waals surface area (Å²) < 4.78 is 5.22.